The Morgan fingerprint density at radius 2 is 1.53 bits per heavy atom. The van der Waals surface area contributed by atoms with Crippen molar-refractivity contribution in [3.8, 4) is 0 Å². The van der Waals surface area contributed by atoms with Gasteiger partial charge in [-0.2, -0.15) is 0 Å². The lowest BCUT2D eigenvalue weighted by Crippen LogP contribution is -2.40. The average Bonchev–Trinajstić information content (AvgIpc) is 2.53. The van der Waals surface area contributed by atoms with E-state index in [0.29, 0.717) is 0 Å². The fourth-order valence-corrected chi connectivity index (χ4v) is 1.99. The molecule has 3 unspecified atom stereocenters. The van der Waals surface area contributed by atoms with E-state index in [2.05, 4.69) is 0 Å². The molecule has 1 rings (SSSR count). The number of hydrogen-bond acceptors (Lipinski definition) is 7. The van der Waals surface area contributed by atoms with E-state index in [1.807, 2.05) is 0 Å². The molecule has 108 valence electrons. The van der Waals surface area contributed by atoms with Gasteiger partial charge in [0.15, 0.2) is 17.8 Å². The maximum atomic E-state index is 11.1. The van der Waals surface area contributed by atoms with Gasteiger partial charge in [-0.15, -0.1) is 0 Å². The Morgan fingerprint density at radius 1 is 1.00 bits per heavy atom. The van der Waals surface area contributed by atoms with Crippen molar-refractivity contribution in [2.75, 3.05) is 6.61 Å². The molecule has 1 fully saturated rings. The van der Waals surface area contributed by atoms with E-state index in [4.69, 9.17) is 30.5 Å². The summed E-state index contributed by atoms with van der Waals surface area (Å²) in [6.07, 6.45) is -2.63. The summed E-state index contributed by atoms with van der Waals surface area (Å²) in [5, 5.41) is 0. The van der Waals surface area contributed by atoms with Gasteiger partial charge in [-0.3, -0.25) is 14.4 Å². The number of esters is 3. The SMILES string of the molecule is CC(=O)OCC1OC(Cl)[C@@H](OC(C)=O)C1OC(C)=O. The lowest BCUT2D eigenvalue weighted by atomic mass is 10.1. The average molecular weight is 295 g/mol. The first-order valence-corrected chi connectivity index (χ1v) is 6.02. The molecule has 0 bridgehead atoms. The van der Waals surface area contributed by atoms with E-state index in [1.165, 1.54) is 20.8 Å². The molecule has 19 heavy (non-hydrogen) atoms. The van der Waals surface area contributed by atoms with Crippen molar-refractivity contribution in [3.63, 3.8) is 0 Å². The highest BCUT2D eigenvalue weighted by Crippen LogP contribution is 2.29. The Kier molecular flexibility index (Phi) is 5.56. The van der Waals surface area contributed by atoms with Gasteiger partial charge in [0.1, 0.15) is 12.7 Å². The first-order chi connectivity index (χ1) is 8.81. The van der Waals surface area contributed by atoms with E-state index in [-0.39, 0.29) is 6.61 Å². The van der Waals surface area contributed by atoms with Gasteiger partial charge in [0.2, 0.25) is 0 Å². The van der Waals surface area contributed by atoms with Crippen molar-refractivity contribution in [2.45, 2.75) is 44.6 Å². The highest BCUT2D eigenvalue weighted by molar-refractivity contribution is 6.20. The van der Waals surface area contributed by atoms with Crippen molar-refractivity contribution in [2.24, 2.45) is 0 Å². The van der Waals surface area contributed by atoms with Crippen LogP contribution in [0.25, 0.3) is 0 Å². The maximum absolute atomic E-state index is 11.1. The van der Waals surface area contributed by atoms with Crippen LogP contribution in [0.15, 0.2) is 0 Å². The van der Waals surface area contributed by atoms with E-state index in [0.717, 1.165) is 0 Å². The lowest BCUT2D eigenvalue weighted by molar-refractivity contribution is -0.165. The molecule has 0 amide bonds. The Labute approximate surface area is 115 Å². The summed E-state index contributed by atoms with van der Waals surface area (Å²) >= 11 is 5.88. The number of ether oxygens (including phenoxy) is 4. The Bertz CT molecular complexity index is 370. The molecule has 0 saturated carbocycles. The first-order valence-electron chi connectivity index (χ1n) is 5.58. The second-order valence-corrected chi connectivity index (χ2v) is 4.41. The predicted octanol–water partition coefficient (Wildman–Crippen LogP) is 0.377. The van der Waals surface area contributed by atoms with Gasteiger partial charge in [-0.25, -0.2) is 0 Å². The number of hydrogen-bond donors (Lipinski definition) is 0. The van der Waals surface area contributed by atoms with Crippen LogP contribution in [-0.4, -0.2) is 48.4 Å². The van der Waals surface area contributed by atoms with Gasteiger partial charge in [-0.1, -0.05) is 11.6 Å². The van der Waals surface area contributed by atoms with Crippen LogP contribution in [0.1, 0.15) is 20.8 Å². The number of carbonyl (C=O) groups excluding carboxylic acids is 3. The molecule has 1 heterocycles. The molecule has 0 N–H and O–H groups in total. The zero-order valence-corrected chi connectivity index (χ0v) is 11.5. The van der Waals surface area contributed by atoms with E-state index < -0.39 is 41.8 Å². The molecule has 0 aromatic heterocycles. The summed E-state index contributed by atoms with van der Waals surface area (Å²) < 4.78 is 20.0. The van der Waals surface area contributed by atoms with E-state index in [1.54, 1.807) is 0 Å². The number of alkyl halides is 1. The quantitative estimate of drug-likeness (QED) is 0.420. The summed E-state index contributed by atoms with van der Waals surface area (Å²) in [5.74, 6) is -1.67. The van der Waals surface area contributed by atoms with Crippen molar-refractivity contribution in [1.82, 2.24) is 0 Å². The van der Waals surface area contributed by atoms with E-state index in [9.17, 15) is 14.4 Å². The first kappa shape index (κ1) is 15.7. The molecule has 1 saturated heterocycles. The zero-order valence-electron chi connectivity index (χ0n) is 10.8. The molecule has 0 aromatic rings. The fourth-order valence-electron chi connectivity index (χ4n) is 1.66. The number of rotatable bonds is 4. The zero-order chi connectivity index (χ0) is 14.6. The fraction of sp³-hybridized carbons (Fsp3) is 0.727. The van der Waals surface area contributed by atoms with E-state index >= 15 is 0 Å². The van der Waals surface area contributed by atoms with Crippen LogP contribution < -0.4 is 0 Å². The minimum absolute atomic E-state index is 0.145. The largest absolute Gasteiger partial charge is 0.463 e. The van der Waals surface area contributed by atoms with Gasteiger partial charge < -0.3 is 18.9 Å². The molecule has 0 aromatic carbocycles. The van der Waals surface area contributed by atoms with Crippen molar-refractivity contribution in [3.05, 3.63) is 0 Å². The van der Waals surface area contributed by atoms with Gasteiger partial charge in [0, 0.05) is 20.8 Å². The summed E-state index contributed by atoms with van der Waals surface area (Å²) in [5.41, 5.74) is -0.978. The molecule has 1 aliphatic heterocycles. The standard InChI is InChI=1S/C11H15ClO7/c1-5(13)16-4-8-9(17-6(2)14)10(11(12)19-8)18-7(3)15/h8-11H,4H2,1-3H3/t8?,9?,10-,11?/m0/s1. The molecule has 1 aliphatic rings. The molecular formula is C11H15ClO7. The van der Waals surface area contributed by atoms with Crippen LogP contribution >= 0.6 is 11.6 Å². The molecule has 0 aliphatic carbocycles. The van der Waals surface area contributed by atoms with Crippen LogP contribution in [0.2, 0.25) is 0 Å². The van der Waals surface area contributed by atoms with Gasteiger partial charge in [0.05, 0.1) is 0 Å². The summed E-state index contributed by atoms with van der Waals surface area (Å²) in [6.45, 7) is 3.49. The van der Waals surface area contributed by atoms with Crippen LogP contribution in [0.3, 0.4) is 0 Å². The Morgan fingerprint density at radius 3 is 2.00 bits per heavy atom. The molecule has 7 nitrogen and oxygen atoms in total. The molecule has 4 atom stereocenters. The second kappa shape index (κ2) is 6.72. The molecule has 0 spiro atoms. The highest BCUT2D eigenvalue weighted by atomic mass is 35.5. The summed E-state index contributed by atoms with van der Waals surface area (Å²) in [4.78, 5) is 32.8. The third kappa shape index (κ3) is 4.68. The van der Waals surface area contributed by atoms with Crippen molar-refractivity contribution >= 4 is 29.5 Å². The molecular weight excluding hydrogens is 280 g/mol. The minimum Gasteiger partial charge on any atom is -0.463 e. The maximum Gasteiger partial charge on any atom is 0.303 e. The van der Waals surface area contributed by atoms with Gasteiger partial charge >= 0.3 is 17.9 Å². The minimum atomic E-state index is -0.978. The van der Waals surface area contributed by atoms with Crippen molar-refractivity contribution in [1.29, 1.82) is 0 Å². The van der Waals surface area contributed by atoms with Crippen LogP contribution in [0.4, 0.5) is 0 Å². The van der Waals surface area contributed by atoms with Crippen LogP contribution in [-0.2, 0) is 33.3 Å². The van der Waals surface area contributed by atoms with Gasteiger partial charge in [0.25, 0.3) is 0 Å². The normalized spacial score (nSPS) is 29.7. The summed E-state index contributed by atoms with van der Waals surface area (Å²) in [6, 6.07) is 0. The number of halogens is 1. The Balaban J connectivity index is 2.76. The monoisotopic (exact) mass is 294 g/mol. The Hall–Kier alpha value is -1.34. The molecule has 8 heteroatoms. The molecule has 0 radical (unpaired) electrons. The number of carbonyl (C=O) groups is 3. The highest BCUT2D eigenvalue weighted by Gasteiger charge is 2.48. The predicted molar refractivity (Wildman–Crippen MR) is 62.3 cm³/mol. The van der Waals surface area contributed by atoms with Crippen molar-refractivity contribution < 1.29 is 33.3 Å². The second-order valence-electron chi connectivity index (χ2n) is 3.98. The third-order valence-corrected chi connectivity index (χ3v) is 2.66. The lowest BCUT2D eigenvalue weighted by Gasteiger charge is -2.22. The van der Waals surface area contributed by atoms with Crippen LogP contribution in [0.5, 0.6) is 0 Å². The smallest absolute Gasteiger partial charge is 0.303 e. The third-order valence-electron chi connectivity index (χ3n) is 2.31. The summed E-state index contributed by atoms with van der Waals surface area (Å²) in [7, 11) is 0. The van der Waals surface area contributed by atoms with Crippen LogP contribution in [0, 0.1) is 0 Å². The topological polar surface area (TPSA) is 88.1 Å². The van der Waals surface area contributed by atoms with Gasteiger partial charge in [-0.05, 0) is 0 Å².